The Morgan fingerprint density at radius 2 is 2.10 bits per heavy atom. The highest BCUT2D eigenvalue weighted by atomic mass is 32.1. The molecule has 2 aromatic rings. The second-order valence-corrected chi connectivity index (χ2v) is 4.11. The van der Waals surface area contributed by atoms with Gasteiger partial charge in [0.25, 0.3) is 0 Å². The first-order valence-electron chi connectivity index (χ1n) is 5.59. The molecule has 0 atom stereocenters. The Hall–Kier alpha value is -2.67. The first-order valence-corrected chi connectivity index (χ1v) is 6.00. The van der Waals surface area contributed by atoms with Gasteiger partial charge in [0.1, 0.15) is 5.75 Å². The zero-order chi connectivity index (χ0) is 14.4. The van der Waals surface area contributed by atoms with Crippen LogP contribution in [0.3, 0.4) is 0 Å². The third kappa shape index (κ3) is 3.92. The van der Waals surface area contributed by atoms with Crippen molar-refractivity contribution in [3.8, 4) is 5.75 Å². The fourth-order valence-corrected chi connectivity index (χ4v) is 1.40. The van der Waals surface area contributed by atoms with Crippen LogP contribution in [-0.4, -0.2) is 17.3 Å². The van der Waals surface area contributed by atoms with Gasteiger partial charge in [-0.05, 0) is 54.2 Å². The molecule has 1 aromatic heterocycles. The maximum atomic E-state index is 11.6. The molecule has 3 N–H and O–H groups in total. The molecule has 0 spiro atoms. The van der Waals surface area contributed by atoms with E-state index in [1.807, 2.05) is 0 Å². The van der Waals surface area contributed by atoms with Crippen LogP contribution in [0, 0.1) is 0 Å². The van der Waals surface area contributed by atoms with Crippen LogP contribution >= 0.6 is 12.2 Å². The molecule has 0 bridgehead atoms. The zero-order valence-corrected chi connectivity index (χ0v) is 11.1. The van der Waals surface area contributed by atoms with Crippen molar-refractivity contribution >= 4 is 29.5 Å². The first-order chi connectivity index (χ1) is 9.65. The maximum Gasteiger partial charge on any atom is 0.379 e. The van der Waals surface area contributed by atoms with Gasteiger partial charge in [0, 0.05) is 0 Å². The zero-order valence-electron chi connectivity index (χ0n) is 10.3. The highest BCUT2D eigenvalue weighted by molar-refractivity contribution is 7.80. The summed E-state index contributed by atoms with van der Waals surface area (Å²) in [6.45, 7) is 0. The summed E-state index contributed by atoms with van der Waals surface area (Å²) in [6.07, 6.45) is 2.95. The van der Waals surface area contributed by atoms with E-state index in [4.69, 9.17) is 14.9 Å². The van der Waals surface area contributed by atoms with Crippen molar-refractivity contribution in [3.63, 3.8) is 0 Å². The van der Waals surface area contributed by atoms with Crippen molar-refractivity contribution in [3.05, 3.63) is 54.0 Å². The highest BCUT2D eigenvalue weighted by Gasteiger charge is 2.10. The van der Waals surface area contributed by atoms with E-state index in [-0.39, 0.29) is 10.9 Å². The highest BCUT2D eigenvalue weighted by Crippen LogP contribution is 2.13. The summed E-state index contributed by atoms with van der Waals surface area (Å²) in [5.74, 6) is 0.00807. The number of hydrazone groups is 1. The lowest BCUT2D eigenvalue weighted by atomic mass is 10.2. The van der Waals surface area contributed by atoms with Crippen LogP contribution in [0.15, 0.2) is 52.2 Å². The van der Waals surface area contributed by atoms with Crippen molar-refractivity contribution in [2.45, 2.75) is 0 Å². The minimum absolute atomic E-state index is 0.0882. The van der Waals surface area contributed by atoms with Crippen LogP contribution in [0.2, 0.25) is 0 Å². The number of ether oxygens (including phenoxy) is 1. The molecule has 0 radical (unpaired) electrons. The van der Waals surface area contributed by atoms with Crippen molar-refractivity contribution < 1.29 is 13.9 Å². The Morgan fingerprint density at radius 3 is 2.70 bits per heavy atom. The van der Waals surface area contributed by atoms with Gasteiger partial charge in [-0.2, -0.15) is 5.10 Å². The minimum Gasteiger partial charge on any atom is -0.457 e. The number of esters is 1. The van der Waals surface area contributed by atoms with Gasteiger partial charge in [-0.3, -0.25) is 5.43 Å². The van der Waals surface area contributed by atoms with Gasteiger partial charge < -0.3 is 14.9 Å². The summed E-state index contributed by atoms with van der Waals surface area (Å²) < 4.78 is 10.1. The van der Waals surface area contributed by atoms with Crippen LogP contribution in [0.25, 0.3) is 0 Å². The Bertz CT molecular complexity index is 621. The fourth-order valence-electron chi connectivity index (χ4n) is 1.34. The molecule has 2 rings (SSSR count). The number of nitrogens with zero attached hydrogens (tertiary/aromatic N) is 1. The average molecular weight is 289 g/mol. The van der Waals surface area contributed by atoms with E-state index in [1.165, 1.54) is 18.5 Å². The summed E-state index contributed by atoms with van der Waals surface area (Å²) in [6, 6.07) is 9.90. The van der Waals surface area contributed by atoms with E-state index in [1.54, 1.807) is 30.3 Å². The number of carbonyl (C=O) groups is 1. The largest absolute Gasteiger partial charge is 0.457 e. The van der Waals surface area contributed by atoms with Gasteiger partial charge in [0.15, 0.2) is 5.11 Å². The van der Waals surface area contributed by atoms with Crippen LogP contribution in [0.1, 0.15) is 16.1 Å². The Labute approximate surface area is 120 Å². The number of carbonyl (C=O) groups excluding carboxylic acids is 1. The lowest BCUT2D eigenvalue weighted by molar-refractivity contribution is 0.0701. The van der Waals surface area contributed by atoms with Gasteiger partial charge in [0.2, 0.25) is 5.76 Å². The second kappa shape index (κ2) is 6.48. The fraction of sp³-hybridized carbons (Fsp3) is 0. The summed E-state index contributed by atoms with van der Waals surface area (Å²) in [4.78, 5) is 11.6. The Morgan fingerprint density at radius 1 is 1.35 bits per heavy atom. The predicted octanol–water partition coefficient (Wildman–Crippen LogP) is 1.67. The average Bonchev–Trinajstić information content (AvgIpc) is 2.94. The topological polar surface area (TPSA) is 89.9 Å². The van der Waals surface area contributed by atoms with Crippen LogP contribution < -0.4 is 15.9 Å². The Kier molecular flexibility index (Phi) is 4.46. The predicted molar refractivity (Wildman–Crippen MR) is 77.6 cm³/mol. The quantitative estimate of drug-likeness (QED) is 0.292. The number of hydrogen-bond donors (Lipinski definition) is 2. The monoisotopic (exact) mass is 289 g/mol. The van der Waals surface area contributed by atoms with E-state index < -0.39 is 5.97 Å². The molecular formula is C13H11N3O3S. The second-order valence-electron chi connectivity index (χ2n) is 3.67. The van der Waals surface area contributed by atoms with Crippen molar-refractivity contribution in [2.75, 3.05) is 0 Å². The van der Waals surface area contributed by atoms with Gasteiger partial charge in [-0.1, -0.05) is 0 Å². The Balaban J connectivity index is 1.96. The summed E-state index contributed by atoms with van der Waals surface area (Å²) in [5.41, 5.74) is 8.46. The number of benzene rings is 1. The van der Waals surface area contributed by atoms with Crippen molar-refractivity contribution in [1.82, 2.24) is 5.43 Å². The number of hydrogen-bond acceptors (Lipinski definition) is 5. The van der Waals surface area contributed by atoms with Crippen LogP contribution in [-0.2, 0) is 0 Å². The SMILES string of the molecule is NC(=S)NN=Cc1ccc(OC(=O)c2ccco2)cc1. The van der Waals surface area contributed by atoms with Crippen LogP contribution in [0.4, 0.5) is 0 Å². The lowest BCUT2D eigenvalue weighted by Gasteiger charge is -2.02. The van der Waals surface area contributed by atoms with E-state index >= 15 is 0 Å². The number of nitrogens with two attached hydrogens (primary N) is 1. The molecule has 6 nitrogen and oxygen atoms in total. The molecule has 0 aliphatic heterocycles. The standard InChI is InChI=1S/C13H11N3O3S/c14-13(20)16-15-8-9-3-5-10(6-4-9)19-12(17)11-2-1-7-18-11/h1-8H,(H3,14,16,20). The van der Waals surface area contributed by atoms with E-state index in [2.05, 4.69) is 22.7 Å². The lowest BCUT2D eigenvalue weighted by Crippen LogP contribution is -2.23. The number of rotatable bonds is 4. The third-order valence-electron chi connectivity index (χ3n) is 2.20. The molecule has 0 fully saturated rings. The van der Waals surface area contributed by atoms with Gasteiger partial charge in [-0.25, -0.2) is 4.79 Å². The van der Waals surface area contributed by atoms with Gasteiger partial charge in [0.05, 0.1) is 12.5 Å². The molecule has 0 saturated heterocycles. The number of nitrogens with one attached hydrogen (secondary N) is 1. The third-order valence-corrected chi connectivity index (χ3v) is 2.29. The molecule has 0 aliphatic carbocycles. The van der Waals surface area contributed by atoms with Gasteiger partial charge in [-0.15, -0.1) is 0 Å². The molecule has 7 heteroatoms. The molecule has 0 aliphatic rings. The summed E-state index contributed by atoms with van der Waals surface area (Å²) >= 11 is 4.60. The minimum atomic E-state index is -0.549. The molecule has 1 heterocycles. The van der Waals surface area contributed by atoms with Gasteiger partial charge >= 0.3 is 5.97 Å². The summed E-state index contributed by atoms with van der Waals surface area (Å²) in [5, 5.41) is 3.90. The summed E-state index contributed by atoms with van der Waals surface area (Å²) in [7, 11) is 0. The molecule has 1 aromatic carbocycles. The van der Waals surface area contributed by atoms with Crippen molar-refractivity contribution in [1.29, 1.82) is 0 Å². The van der Waals surface area contributed by atoms with E-state index in [0.29, 0.717) is 5.75 Å². The maximum absolute atomic E-state index is 11.6. The number of thiocarbonyl (C=S) groups is 1. The van der Waals surface area contributed by atoms with Crippen LogP contribution in [0.5, 0.6) is 5.75 Å². The van der Waals surface area contributed by atoms with E-state index in [0.717, 1.165) is 5.56 Å². The first kappa shape index (κ1) is 13.8. The van der Waals surface area contributed by atoms with E-state index in [9.17, 15) is 4.79 Å². The molecule has 102 valence electrons. The smallest absolute Gasteiger partial charge is 0.379 e. The molecule has 0 amide bonds. The molecule has 20 heavy (non-hydrogen) atoms. The van der Waals surface area contributed by atoms with Crippen molar-refractivity contribution in [2.24, 2.45) is 10.8 Å². The molecular weight excluding hydrogens is 278 g/mol. The normalized spacial score (nSPS) is 10.4. The molecule has 0 saturated carbocycles. The molecule has 0 unspecified atom stereocenters. The number of furan rings is 1.